The van der Waals surface area contributed by atoms with E-state index in [9.17, 15) is 9.59 Å². The molecule has 0 spiro atoms. The minimum absolute atomic E-state index is 0.272. The Balaban J connectivity index is 1.90. The van der Waals surface area contributed by atoms with Gasteiger partial charge in [-0.05, 0) is 45.2 Å². The summed E-state index contributed by atoms with van der Waals surface area (Å²) in [4.78, 5) is 26.2. The lowest BCUT2D eigenvalue weighted by Crippen LogP contribution is -2.24. The van der Waals surface area contributed by atoms with Crippen LogP contribution in [0.25, 0.3) is 0 Å². The molecule has 34 heavy (non-hydrogen) atoms. The molecule has 2 rings (SSSR count). The van der Waals surface area contributed by atoms with Crippen LogP contribution in [-0.2, 0) is 22.3 Å². The molecule has 0 fully saturated rings. The summed E-state index contributed by atoms with van der Waals surface area (Å²) in [6.45, 7) is 8.02. The van der Waals surface area contributed by atoms with Crippen LogP contribution in [0.2, 0.25) is 0 Å². The summed E-state index contributed by atoms with van der Waals surface area (Å²) in [5.41, 5.74) is 0.896. The van der Waals surface area contributed by atoms with Crippen LogP contribution in [0.5, 0.6) is 0 Å². The molecular weight excluding hydrogens is 446 g/mol. The summed E-state index contributed by atoms with van der Waals surface area (Å²) in [6, 6.07) is 11.7. The fourth-order valence-corrected chi connectivity index (χ4v) is 4.68. The molecular formula is C28H41NO4S. The number of esters is 1. The fourth-order valence-electron chi connectivity index (χ4n) is 3.61. The number of rotatable bonds is 14. The monoisotopic (exact) mass is 487 g/mol. The minimum atomic E-state index is -0.607. The van der Waals surface area contributed by atoms with Crippen molar-refractivity contribution in [3.63, 3.8) is 0 Å². The number of nitrogens with one attached hydrogen (secondary N) is 1. The molecule has 1 heterocycles. The van der Waals surface area contributed by atoms with E-state index in [1.807, 2.05) is 57.2 Å². The quantitative estimate of drug-likeness (QED) is 0.215. The molecule has 1 aromatic carbocycles. The molecule has 0 saturated heterocycles. The molecule has 5 nitrogen and oxygen atoms in total. The van der Waals surface area contributed by atoms with Crippen LogP contribution in [-0.4, -0.2) is 24.3 Å². The van der Waals surface area contributed by atoms with Crippen LogP contribution in [0, 0.1) is 0 Å². The predicted molar refractivity (Wildman–Crippen MR) is 141 cm³/mol. The number of amides is 1. The summed E-state index contributed by atoms with van der Waals surface area (Å²) in [6.07, 6.45) is 11.0. The minimum Gasteiger partial charge on any atom is -0.456 e. The lowest BCUT2D eigenvalue weighted by Gasteiger charge is -2.19. The van der Waals surface area contributed by atoms with Gasteiger partial charge < -0.3 is 9.47 Å². The van der Waals surface area contributed by atoms with Gasteiger partial charge in [0.1, 0.15) is 10.6 Å². The van der Waals surface area contributed by atoms with Crippen molar-refractivity contribution >= 4 is 28.4 Å². The van der Waals surface area contributed by atoms with Crippen molar-refractivity contribution in [2.75, 3.05) is 11.9 Å². The van der Waals surface area contributed by atoms with Crippen molar-refractivity contribution in [2.24, 2.45) is 0 Å². The maximum Gasteiger partial charge on any atom is 0.412 e. The third-order valence-corrected chi connectivity index (χ3v) is 6.47. The number of benzene rings is 1. The van der Waals surface area contributed by atoms with Crippen LogP contribution in [0.3, 0.4) is 0 Å². The topological polar surface area (TPSA) is 64.6 Å². The number of aryl methyl sites for hydroxylation is 1. The molecule has 0 saturated carbocycles. The van der Waals surface area contributed by atoms with E-state index >= 15 is 0 Å². The van der Waals surface area contributed by atoms with Gasteiger partial charge in [-0.25, -0.2) is 9.59 Å². The number of carbonyl (C=O) groups is 2. The van der Waals surface area contributed by atoms with Crippen LogP contribution < -0.4 is 5.32 Å². The first-order chi connectivity index (χ1) is 16.3. The molecule has 0 radical (unpaired) electrons. The molecule has 0 atom stereocenters. The number of hydrogen-bond donors (Lipinski definition) is 1. The van der Waals surface area contributed by atoms with Gasteiger partial charge in [0.2, 0.25) is 0 Å². The summed E-state index contributed by atoms with van der Waals surface area (Å²) >= 11 is 1.43. The first kappa shape index (κ1) is 27.9. The van der Waals surface area contributed by atoms with Crippen molar-refractivity contribution in [1.29, 1.82) is 0 Å². The molecule has 0 bridgehead atoms. The molecule has 188 valence electrons. The summed E-state index contributed by atoms with van der Waals surface area (Å²) in [7, 11) is 0. The SMILES string of the molecule is CCCCCCCCCCc1cc(C(=O)OC(C)(C)C)c(NC(=O)OCCc2ccccc2)s1. The highest BCUT2D eigenvalue weighted by atomic mass is 32.1. The maximum atomic E-state index is 12.8. The standard InChI is InChI=1S/C28H41NO4S/c1-5-6-7-8-9-10-11-15-18-23-21-24(26(30)33-28(2,3)4)25(34-23)29-27(31)32-20-19-22-16-13-12-14-17-22/h12-14,16-17,21H,5-11,15,18-20H2,1-4H3,(H,29,31). The molecule has 0 aliphatic carbocycles. The highest BCUT2D eigenvalue weighted by Gasteiger charge is 2.24. The lowest BCUT2D eigenvalue weighted by atomic mass is 10.1. The van der Waals surface area contributed by atoms with Gasteiger partial charge in [-0.3, -0.25) is 5.32 Å². The van der Waals surface area contributed by atoms with Crippen molar-refractivity contribution in [2.45, 2.75) is 97.5 Å². The summed E-state index contributed by atoms with van der Waals surface area (Å²) in [5.74, 6) is -0.425. The van der Waals surface area contributed by atoms with Gasteiger partial charge in [-0.2, -0.15) is 0 Å². The van der Waals surface area contributed by atoms with Crippen LogP contribution in [0.4, 0.5) is 9.80 Å². The number of thiophene rings is 1. The zero-order chi connectivity index (χ0) is 24.8. The van der Waals surface area contributed by atoms with Gasteiger partial charge >= 0.3 is 12.1 Å². The van der Waals surface area contributed by atoms with E-state index in [-0.39, 0.29) is 6.61 Å². The van der Waals surface area contributed by atoms with Gasteiger partial charge in [-0.15, -0.1) is 11.3 Å². The Labute approximate surface area is 209 Å². The van der Waals surface area contributed by atoms with Crippen molar-refractivity contribution < 1.29 is 19.1 Å². The fraction of sp³-hybridized carbons (Fsp3) is 0.571. The van der Waals surface area contributed by atoms with Crippen molar-refractivity contribution in [1.82, 2.24) is 0 Å². The van der Waals surface area contributed by atoms with Crippen LogP contribution in [0.15, 0.2) is 36.4 Å². The Morgan fingerprint density at radius 2 is 1.56 bits per heavy atom. The molecule has 6 heteroatoms. The van der Waals surface area contributed by atoms with E-state index in [2.05, 4.69) is 12.2 Å². The number of unbranched alkanes of at least 4 members (excludes halogenated alkanes) is 7. The van der Waals surface area contributed by atoms with E-state index in [0.717, 1.165) is 23.3 Å². The maximum absolute atomic E-state index is 12.8. The Kier molecular flexibility index (Phi) is 12.2. The van der Waals surface area contributed by atoms with E-state index in [1.54, 1.807) is 0 Å². The molecule has 2 aromatic rings. The second kappa shape index (κ2) is 14.8. The second-order valence-corrected chi connectivity index (χ2v) is 10.8. The Morgan fingerprint density at radius 1 is 0.912 bits per heavy atom. The third kappa shape index (κ3) is 11.2. The van der Waals surface area contributed by atoms with E-state index < -0.39 is 17.7 Å². The largest absolute Gasteiger partial charge is 0.456 e. The zero-order valence-corrected chi connectivity index (χ0v) is 22.1. The van der Waals surface area contributed by atoms with E-state index in [0.29, 0.717) is 17.0 Å². The van der Waals surface area contributed by atoms with Crippen LogP contribution in [0.1, 0.15) is 99.9 Å². The molecule has 0 unspecified atom stereocenters. The molecule has 0 aliphatic rings. The predicted octanol–water partition coefficient (Wildman–Crippen LogP) is 8.18. The normalized spacial score (nSPS) is 11.3. The van der Waals surface area contributed by atoms with Gasteiger partial charge in [0.25, 0.3) is 0 Å². The second-order valence-electron chi connectivity index (χ2n) is 9.68. The number of ether oxygens (including phenoxy) is 2. The number of hydrogen-bond acceptors (Lipinski definition) is 5. The Bertz CT molecular complexity index is 870. The van der Waals surface area contributed by atoms with Gasteiger partial charge in [-0.1, -0.05) is 82.2 Å². The van der Waals surface area contributed by atoms with Crippen molar-refractivity contribution in [3.05, 3.63) is 52.4 Å². The highest BCUT2D eigenvalue weighted by molar-refractivity contribution is 7.16. The van der Waals surface area contributed by atoms with Crippen molar-refractivity contribution in [3.8, 4) is 0 Å². The highest BCUT2D eigenvalue weighted by Crippen LogP contribution is 2.31. The number of carbonyl (C=O) groups excluding carboxylic acids is 2. The smallest absolute Gasteiger partial charge is 0.412 e. The number of anilines is 1. The molecule has 1 N–H and O–H groups in total. The van der Waals surface area contributed by atoms with Crippen LogP contribution >= 0.6 is 11.3 Å². The average Bonchev–Trinajstić information content (AvgIpc) is 3.18. The lowest BCUT2D eigenvalue weighted by molar-refractivity contribution is 0.00712. The zero-order valence-electron chi connectivity index (χ0n) is 21.3. The van der Waals surface area contributed by atoms with Gasteiger partial charge in [0, 0.05) is 11.3 Å². The third-order valence-electron chi connectivity index (χ3n) is 5.36. The van der Waals surface area contributed by atoms with Gasteiger partial charge in [0.15, 0.2) is 0 Å². The Morgan fingerprint density at radius 3 is 2.21 bits per heavy atom. The van der Waals surface area contributed by atoms with Gasteiger partial charge in [0.05, 0.1) is 12.2 Å². The van der Waals surface area contributed by atoms with E-state index in [1.165, 1.54) is 56.3 Å². The first-order valence-corrected chi connectivity index (χ1v) is 13.4. The summed E-state index contributed by atoms with van der Waals surface area (Å²) < 4.78 is 10.9. The summed E-state index contributed by atoms with van der Waals surface area (Å²) in [5, 5.41) is 3.26. The first-order valence-electron chi connectivity index (χ1n) is 12.6. The Hall–Kier alpha value is -2.34. The molecule has 1 aromatic heterocycles. The molecule has 0 aliphatic heterocycles. The van der Waals surface area contributed by atoms with E-state index in [4.69, 9.17) is 9.47 Å². The average molecular weight is 488 g/mol. The molecule has 1 amide bonds.